The lowest BCUT2D eigenvalue weighted by molar-refractivity contribution is -0.114. The zero-order chi connectivity index (χ0) is 18.1. The van der Waals surface area contributed by atoms with Gasteiger partial charge in [-0.3, -0.25) is 4.79 Å². The van der Waals surface area contributed by atoms with Gasteiger partial charge in [0.05, 0.1) is 0 Å². The van der Waals surface area contributed by atoms with Crippen molar-refractivity contribution < 1.29 is 4.79 Å². The van der Waals surface area contributed by atoms with Crippen LogP contribution in [0.15, 0.2) is 36.5 Å². The molecule has 3 heterocycles. The Bertz CT molecular complexity index is 956. The molecule has 1 aliphatic rings. The first-order chi connectivity index (χ1) is 12.6. The van der Waals surface area contributed by atoms with E-state index in [0.717, 1.165) is 32.5 Å². The Balaban J connectivity index is 1.60. The van der Waals surface area contributed by atoms with Crippen molar-refractivity contribution in [2.75, 3.05) is 11.9 Å². The van der Waals surface area contributed by atoms with Crippen LogP contribution < -0.4 is 10.6 Å². The SMILES string of the molecule is CC(=O)Nc1ccc(CCn2c3c(c4cc(C)ccc42)CNCC3)cn1. The molecule has 4 rings (SSSR count). The number of amides is 1. The number of nitrogens with one attached hydrogen (secondary N) is 2. The number of carbonyl (C=O) groups is 1. The van der Waals surface area contributed by atoms with Crippen molar-refractivity contribution in [3.05, 3.63) is 58.9 Å². The van der Waals surface area contributed by atoms with Crippen LogP contribution in [0.4, 0.5) is 5.82 Å². The Morgan fingerprint density at radius 3 is 2.96 bits per heavy atom. The van der Waals surface area contributed by atoms with Gasteiger partial charge in [0.1, 0.15) is 5.82 Å². The molecule has 0 saturated carbocycles. The Morgan fingerprint density at radius 1 is 1.31 bits per heavy atom. The maximum atomic E-state index is 11.1. The van der Waals surface area contributed by atoms with Crippen LogP contribution in [0.25, 0.3) is 10.9 Å². The first-order valence-electron chi connectivity index (χ1n) is 9.15. The van der Waals surface area contributed by atoms with Crippen molar-refractivity contribution in [1.29, 1.82) is 0 Å². The Kier molecular flexibility index (Phi) is 4.47. The second-order valence-corrected chi connectivity index (χ2v) is 7.01. The predicted octanol–water partition coefficient (Wildman–Crippen LogP) is 3.19. The van der Waals surface area contributed by atoms with Gasteiger partial charge in [-0.05, 0) is 42.7 Å². The van der Waals surface area contributed by atoms with Gasteiger partial charge in [-0.1, -0.05) is 17.7 Å². The second kappa shape index (κ2) is 6.92. The number of rotatable bonds is 4. The van der Waals surface area contributed by atoms with Gasteiger partial charge in [0, 0.05) is 55.8 Å². The molecule has 1 amide bonds. The third-order valence-electron chi connectivity index (χ3n) is 5.04. The van der Waals surface area contributed by atoms with Crippen LogP contribution >= 0.6 is 0 Å². The summed E-state index contributed by atoms with van der Waals surface area (Å²) >= 11 is 0. The molecule has 0 saturated heterocycles. The molecule has 0 bridgehead atoms. The molecular weight excluding hydrogens is 324 g/mol. The minimum Gasteiger partial charge on any atom is -0.344 e. The lowest BCUT2D eigenvalue weighted by atomic mass is 10.0. The number of fused-ring (bicyclic) bond motifs is 3. The van der Waals surface area contributed by atoms with Crippen LogP contribution in [-0.4, -0.2) is 22.0 Å². The number of aryl methyl sites for hydroxylation is 3. The topological polar surface area (TPSA) is 59.0 Å². The van der Waals surface area contributed by atoms with Crippen molar-refractivity contribution >= 4 is 22.6 Å². The summed E-state index contributed by atoms with van der Waals surface area (Å²) in [6, 6.07) is 10.7. The van der Waals surface area contributed by atoms with Gasteiger partial charge in [-0.2, -0.15) is 0 Å². The molecule has 0 aliphatic carbocycles. The molecule has 3 aromatic rings. The summed E-state index contributed by atoms with van der Waals surface area (Å²) in [5, 5.41) is 7.59. The summed E-state index contributed by atoms with van der Waals surface area (Å²) in [6.07, 6.45) is 3.85. The highest BCUT2D eigenvalue weighted by molar-refractivity contribution is 5.87. The molecule has 0 fully saturated rings. The first kappa shape index (κ1) is 16.8. The molecule has 5 nitrogen and oxygen atoms in total. The molecule has 2 aromatic heterocycles. The van der Waals surface area contributed by atoms with Gasteiger partial charge >= 0.3 is 0 Å². The van der Waals surface area contributed by atoms with Gasteiger partial charge < -0.3 is 15.2 Å². The van der Waals surface area contributed by atoms with E-state index in [-0.39, 0.29) is 5.91 Å². The van der Waals surface area contributed by atoms with E-state index in [1.54, 1.807) is 0 Å². The molecule has 26 heavy (non-hydrogen) atoms. The van der Waals surface area contributed by atoms with Crippen LogP contribution in [-0.2, 0) is 30.7 Å². The minimum atomic E-state index is -0.0976. The van der Waals surface area contributed by atoms with Gasteiger partial charge in [-0.15, -0.1) is 0 Å². The highest BCUT2D eigenvalue weighted by atomic mass is 16.1. The molecule has 0 atom stereocenters. The molecule has 0 radical (unpaired) electrons. The van der Waals surface area contributed by atoms with Crippen LogP contribution in [0.3, 0.4) is 0 Å². The van der Waals surface area contributed by atoms with E-state index >= 15 is 0 Å². The van der Waals surface area contributed by atoms with Crippen molar-refractivity contribution in [2.45, 2.75) is 39.8 Å². The van der Waals surface area contributed by atoms with Crippen molar-refractivity contribution in [3.63, 3.8) is 0 Å². The van der Waals surface area contributed by atoms with Gasteiger partial charge in [0.25, 0.3) is 0 Å². The maximum absolute atomic E-state index is 11.1. The Labute approximate surface area is 153 Å². The van der Waals surface area contributed by atoms with E-state index in [4.69, 9.17) is 0 Å². The Hall–Kier alpha value is -2.66. The van der Waals surface area contributed by atoms with E-state index in [1.165, 1.54) is 40.2 Å². The van der Waals surface area contributed by atoms with Crippen LogP contribution in [0.2, 0.25) is 0 Å². The summed E-state index contributed by atoms with van der Waals surface area (Å²) in [5.74, 6) is 0.506. The minimum absolute atomic E-state index is 0.0976. The fraction of sp³-hybridized carbons (Fsp3) is 0.333. The number of carbonyl (C=O) groups excluding carboxylic acids is 1. The van der Waals surface area contributed by atoms with Crippen molar-refractivity contribution in [1.82, 2.24) is 14.9 Å². The summed E-state index contributed by atoms with van der Waals surface area (Å²) in [4.78, 5) is 15.4. The summed E-state index contributed by atoms with van der Waals surface area (Å²) in [5.41, 5.74) is 6.73. The zero-order valence-electron chi connectivity index (χ0n) is 15.3. The first-order valence-corrected chi connectivity index (χ1v) is 9.15. The molecule has 0 spiro atoms. The summed E-state index contributed by atoms with van der Waals surface area (Å²) in [7, 11) is 0. The summed E-state index contributed by atoms with van der Waals surface area (Å²) in [6.45, 7) is 6.58. The number of hydrogen-bond acceptors (Lipinski definition) is 3. The van der Waals surface area contributed by atoms with E-state index in [0.29, 0.717) is 5.82 Å². The number of anilines is 1. The number of nitrogens with zero attached hydrogens (tertiary/aromatic N) is 2. The largest absolute Gasteiger partial charge is 0.344 e. The Morgan fingerprint density at radius 2 is 2.19 bits per heavy atom. The van der Waals surface area contributed by atoms with Crippen molar-refractivity contribution in [2.24, 2.45) is 0 Å². The number of aromatic nitrogens is 2. The van der Waals surface area contributed by atoms with Crippen LogP contribution in [0.5, 0.6) is 0 Å². The average Bonchev–Trinajstić information content (AvgIpc) is 2.94. The van der Waals surface area contributed by atoms with E-state index < -0.39 is 0 Å². The maximum Gasteiger partial charge on any atom is 0.222 e. The van der Waals surface area contributed by atoms with Crippen LogP contribution in [0, 0.1) is 6.92 Å². The average molecular weight is 348 g/mol. The third-order valence-corrected chi connectivity index (χ3v) is 5.04. The van der Waals surface area contributed by atoms with Gasteiger partial charge in [-0.25, -0.2) is 4.98 Å². The van der Waals surface area contributed by atoms with E-state index in [9.17, 15) is 4.79 Å². The number of benzene rings is 1. The number of pyridine rings is 1. The fourth-order valence-corrected chi connectivity index (χ4v) is 3.82. The molecule has 0 unspecified atom stereocenters. The van der Waals surface area contributed by atoms with Gasteiger partial charge in [0.2, 0.25) is 5.91 Å². The lowest BCUT2D eigenvalue weighted by Gasteiger charge is -2.17. The second-order valence-electron chi connectivity index (χ2n) is 7.01. The molecule has 134 valence electrons. The van der Waals surface area contributed by atoms with Crippen LogP contribution in [0.1, 0.15) is 29.3 Å². The predicted molar refractivity (Wildman–Crippen MR) is 104 cm³/mol. The lowest BCUT2D eigenvalue weighted by Crippen LogP contribution is -2.24. The number of hydrogen-bond donors (Lipinski definition) is 2. The highest BCUT2D eigenvalue weighted by Gasteiger charge is 2.19. The zero-order valence-corrected chi connectivity index (χ0v) is 15.3. The third kappa shape index (κ3) is 3.22. The molecule has 5 heteroatoms. The molecule has 2 N–H and O–H groups in total. The fourth-order valence-electron chi connectivity index (χ4n) is 3.82. The van der Waals surface area contributed by atoms with Crippen molar-refractivity contribution in [3.8, 4) is 0 Å². The summed E-state index contributed by atoms with van der Waals surface area (Å²) < 4.78 is 2.48. The normalized spacial score (nSPS) is 13.6. The monoisotopic (exact) mass is 348 g/mol. The molecular formula is C21H24N4O. The smallest absolute Gasteiger partial charge is 0.222 e. The standard InChI is InChI=1S/C21H24N4O/c1-14-3-5-19-17(11-14)18-13-22-9-7-20(18)25(19)10-8-16-4-6-21(23-12-16)24-15(2)26/h3-6,11-12,22H,7-10,13H2,1-2H3,(H,23,24,26). The highest BCUT2D eigenvalue weighted by Crippen LogP contribution is 2.29. The van der Waals surface area contributed by atoms with Gasteiger partial charge in [0.15, 0.2) is 0 Å². The quantitative estimate of drug-likeness (QED) is 0.761. The molecule has 1 aliphatic heterocycles. The molecule has 1 aromatic carbocycles. The van der Waals surface area contributed by atoms with E-state index in [1.807, 2.05) is 18.3 Å². The van der Waals surface area contributed by atoms with E-state index in [2.05, 4.69) is 45.3 Å².